The zero-order valence-electron chi connectivity index (χ0n) is 11.6. The largest absolute Gasteiger partial charge is 0.379 e. The quantitative estimate of drug-likeness (QED) is 0.863. The standard InChI is InChI=1S/C16H25NO/c1-3-13(2)15-7-4-14(5-8-15)6-9-16-12-18-11-10-17-16/h4-5,7-8,13,16-17H,3,6,9-12H2,1-2H3. The third-order valence-electron chi connectivity index (χ3n) is 3.94. The lowest BCUT2D eigenvalue weighted by atomic mass is 9.96. The van der Waals surface area contributed by atoms with E-state index >= 15 is 0 Å². The number of rotatable bonds is 5. The fourth-order valence-electron chi connectivity index (χ4n) is 2.39. The Kier molecular flexibility index (Phi) is 5.21. The highest BCUT2D eigenvalue weighted by Crippen LogP contribution is 2.19. The fraction of sp³-hybridized carbons (Fsp3) is 0.625. The van der Waals surface area contributed by atoms with Gasteiger partial charge in [0.1, 0.15) is 0 Å². The van der Waals surface area contributed by atoms with Gasteiger partial charge in [-0.1, -0.05) is 38.1 Å². The second-order valence-electron chi connectivity index (χ2n) is 5.32. The Morgan fingerprint density at radius 1 is 1.33 bits per heavy atom. The smallest absolute Gasteiger partial charge is 0.0620 e. The van der Waals surface area contributed by atoms with Crippen LogP contribution in [-0.2, 0) is 11.2 Å². The summed E-state index contributed by atoms with van der Waals surface area (Å²) in [6.45, 7) is 7.26. The first-order valence-corrected chi connectivity index (χ1v) is 7.19. The third-order valence-corrected chi connectivity index (χ3v) is 3.94. The van der Waals surface area contributed by atoms with Crippen LogP contribution in [0.2, 0.25) is 0 Å². The zero-order chi connectivity index (χ0) is 12.8. The molecule has 0 saturated carbocycles. The minimum absolute atomic E-state index is 0.535. The number of aryl methyl sites for hydroxylation is 1. The molecule has 1 aromatic carbocycles. The number of ether oxygens (including phenoxy) is 1. The van der Waals surface area contributed by atoms with Crippen LogP contribution in [0.1, 0.15) is 43.7 Å². The lowest BCUT2D eigenvalue weighted by Gasteiger charge is -2.23. The third kappa shape index (κ3) is 3.82. The van der Waals surface area contributed by atoms with Crippen LogP contribution in [0.5, 0.6) is 0 Å². The maximum absolute atomic E-state index is 5.47. The maximum atomic E-state index is 5.47. The molecule has 1 aliphatic heterocycles. The molecule has 1 fully saturated rings. The Hall–Kier alpha value is -0.860. The molecule has 2 atom stereocenters. The minimum Gasteiger partial charge on any atom is -0.379 e. The van der Waals surface area contributed by atoms with E-state index in [9.17, 15) is 0 Å². The zero-order valence-corrected chi connectivity index (χ0v) is 11.6. The number of hydrogen-bond donors (Lipinski definition) is 1. The Bertz CT molecular complexity index is 341. The predicted molar refractivity (Wildman–Crippen MR) is 76.1 cm³/mol. The molecule has 0 aromatic heterocycles. The highest BCUT2D eigenvalue weighted by molar-refractivity contribution is 5.25. The molecular weight excluding hydrogens is 222 g/mol. The topological polar surface area (TPSA) is 21.3 Å². The monoisotopic (exact) mass is 247 g/mol. The predicted octanol–water partition coefficient (Wildman–Crippen LogP) is 3.12. The van der Waals surface area contributed by atoms with Gasteiger partial charge in [0.25, 0.3) is 0 Å². The molecule has 2 heteroatoms. The average Bonchev–Trinajstić information content (AvgIpc) is 2.46. The lowest BCUT2D eigenvalue weighted by Crippen LogP contribution is -2.41. The van der Waals surface area contributed by atoms with Crippen molar-refractivity contribution in [2.24, 2.45) is 0 Å². The highest BCUT2D eigenvalue weighted by atomic mass is 16.5. The van der Waals surface area contributed by atoms with E-state index in [1.807, 2.05) is 0 Å². The van der Waals surface area contributed by atoms with Crippen molar-refractivity contribution >= 4 is 0 Å². The summed E-state index contributed by atoms with van der Waals surface area (Å²) in [6.07, 6.45) is 3.52. The van der Waals surface area contributed by atoms with E-state index in [-0.39, 0.29) is 0 Å². The van der Waals surface area contributed by atoms with Crippen molar-refractivity contribution in [3.8, 4) is 0 Å². The minimum atomic E-state index is 0.535. The molecule has 0 aliphatic carbocycles. The van der Waals surface area contributed by atoms with E-state index in [2.05, 4.69) is 43.4 Å². The second-order valence-corrected chi connectivity index (χ2v) is 5.32. The van der Waals surface area contributed by atoms with E-state index in [0.29, 0.717) is 12.0 Å². The van der Waals surface area contributed by atoms with Crippen LogP contribution in [0.4, 0.5) is 0 Å². The Morgan fingerprint density at radius 2 is 2.11 bits per heavy atom. The van der Waals surface area contributed by atoms with Crippen LogP contribution in [-0.4, -0.2) is 25.8 Å². The van der Waals surface area contributed by atoms with Crippen molar-refractivity contribution in [3.63, 3.8) is 0 Å². The van der Waals surface area contributed by atoms with Gasteiger partial charge in [-0.2, -0.15) is 0 Å². The Balaban J connectivity index is 1.82. The molecule has 1 N–H and O–H groups in total. The number of nitrogens with one attached hydrogen (secondary N) is 1. The van der Waals surface area contributed by atoms with Crippen molar-refractivity contribution in [2.75, 3.05) is 19.8 Å². The summed E-state index contributed by atoms with van der Waals surface area (Å²) < 4.78 is 5.47. The normalized spacial score (nSPS) is 21.8. The van der Waals surface area contributed by atoms with Crippen LogP contribution >= 0.6 is 0 Å². The lowest BCUT2D eigenvalue weighted by molar-refractivity contribution is 0.0743. The molecule has 1 aliphatic rings. The molecule has 2 nitrogen and oxygen atoms in total. The van der Waals surface area contributed by atoms with E-state index in [1.165, 1.54) is 24.0 Å². The Labute approximate surface area is 111 Å². The van der Waals surface area contributed by atoms with Gasteiger partial charge in [-0.25, -0.2) is 0 Å². The van der Waals surface area contributed by atoms with Crippen molar-refractivity contribution < 1.29 is 4.74 Å². The summed E-state index contributed by atoms with van der Waals surface area (Å²) >= 11 is 0. The summed E-state index contributed by atoms with van der Waals surface area (Å²) in [5.74, 6) is 0.674. The number of hydrogen-bond acceptors (Lipinski definition) is 2. The molecule has 1 aromatic rings. The van der Waals surface area contributed by atoms with Crippen molar-refractivity contribution in [1.82, 2.24) is 5.32 Å². The van der Waals surface area contributed by atoms with Gasteiger partial charge < -0.3 is 10.1 Å². The fourth-order valence-corrected chi connectivity index (χ4v) is 2.39. The molecule has 0 spiro atoms. The van der Waals surface area contributed by atoms with Gasteiger partial charge >= 0.3 is 0 Å². The molecule has 18 heavy (non-hydrogen) atoms. The van der Waals surface area contributed by atoms with Crippen molar-refractivity contribution in [2.45, 2.75) is 45.1 Å². The van der Waals surface area contributed by atoms with Crippen LogP contribution < -0.4 is 5.32 Å². The molecule has 1 saturated heterocycles. The van der Waals surface area contributed by atoms with Crippen LogP contribution in [0.3, 0.4) is 0 Å². The van der Waals surface area contributed by atoms with E-state index in [0.717, 1.165) is 26.2 Å². The molecule has 2 unspecified atom stereocenters. The molecular formula is C16H25NO. The average molecular weight is 247 g/mol. The van der Waals surface area contributed by atoms with Crippen LogP contribution in [0.15, 0.2) is 24.3 Å². The molecule has 0 bridgehead atoms. The van der Waals surface area contributed by atoms with Gasteiger partial charge in [0, 0.05) is 12.6 Å². The summed E-state index contributed by atoms with van der Waals surface area (Å²) in [5.41, 5.74) is 2.90. The summed E-state index contributed by atoms with van der Waals surface area (Å²) in [6, 6.07) is 9.67. The number of benzene rings is 1. The molecule has 2 rings (SSSR count). The number of morpholine rings is 1. The summed E-state index contributed by atoms with van der Waals surface area (Å²) in [5, 5.41) is 3.50. The SMILES string of the molecule is CCC(C)c1ccc(CCC2COCCN2)cc1. The molecule has 100 valence electrons. The second kappa shape index (κ2) is 6.91. The maximum Gasteiger partial charge on any atom is 0.0620 e. The van der Waals surface area contributed by atoms with Crippen LogP contribution in [0.25, 0.3) is 0 Å². The first kappa shape index (κ1) is 13.6. The van der Waals surface area contributed by atoms with Crippen molar-refractivity contribution in [3.05, 3.63) is 35.4 Å². The molecule has 0 radical (unpaired) electrons. The van der Waals surface area contributed by atoms with Gasteiger partial charge in [-0.3, -0.25) is 0 Å². The first-order chi connectivity index (χ1) is 8.79. The van der Waals surface area contributed by atoms with Crippen LogP contribution in [0, 0.1) is 0 Å². The highest BCUT2D eigenvalue weighted by Gasteiger charge is 2.12. The molecule has 0 amide bonds. The summed E-state index contributed by atoms with van der Waals surface area (Å²) in [4.78, 5) is 0. The van der Waals surface area contributed by atoms with Gasteiger partial charge in [-0.05, 0) is 36.3 Å². The van der Waals surface area contributed by atoms with Gasteiger partial charge in [0.15, 0.2) is 0 Å². The van der Waals surface area contributed by atoms with Gasteiger partial charge in [-0.15, -0.1) is 0 Å². The van der Waals surface area contributed by atoms with E-state index < -0.39 is 0 Å². The Morgan fingerprint density at radius 3 is 2.72 bits per heavy atom. The van der Waals surface area contributed by atoms with Crippen molar-refractivity contribution in [1.29, 1.82) is 0 Å². The molecule has 1 heterocycles. The van der Waals surface area contributed by atoms with Gasteiger partial charge in [0.2, 0.25) is 0 Å². The first-order valence-electron chi connectivity index (χ1n) is 7.19. The van der Waals surface area contributed by atoms with Gasteiger partial charge in [0.05, 0.1) is 13.2 Å². The van der Waals surface area contributed by atoms with E-state index in [4.69, 9.17) is 4.74 Å². The summed E-state index contributed by atoms with van der Waals surface area (Å²) in [7, 11) is 0. The van der Waals surface area contributed by atoms with E-state index in [1.54, 1.807) is 0 Å².